The molecule has 1 fully saturated rings. The van der Waals surface area contributed by atoms with Gasteiger partial charge in [0.15, 0.2) is 23.0 Å². The summed E-state index contributed by atoms with van der Waals surface area (Å²) in [6.45, 7) is 10.2. The minimum absolute atomic E-state index is 0.103. The summed E-state index contributed by atoms with van der Waals surface area (Å²) in [4.78, 5) is 86.1. The molecule has 464 valence electrons. The number of hydrogen-bond donors (Lipinski definition) is 3. The third-order valence-electron chi connectivity index (χ3n) is 17.7. The number of nitrogens with one attached hydrogen (secondary N) is 3. The van der Waals surface area contributed by atoms with Crippen LogP contribution in [0.2, 0.25) is 0 Å². The fourth-order valence-corrected chi connectivity index (χ4v) is 12.5. The third-order valence-corrected chi connectivity index (χ3v) is 17.7. The number of methoxy groups -OCH3 is 2. The predicted octanol–water partition coefficient (Wildman–Crippen LogP) is 11.0. The summed E-state index contributed by atoms with van der Waals surface area (Å²) in [6, 6.07) is 36.6. The van der Waals surface area contributed by atoms with Crippen molar-refractivity contribution in [3.05, 3.63) is 167 Å². The van der Waals surface area contributed by atoms with Crippen LogP contribution in [0.5, 0.6) is 23.0 Å². The van der Waals surface area contributed by atoms with E-state index >= 15 is 0 Å². The zero-order chi connectivity index (χ0) is 62.6. The molecule has 0 bridgehead atoms. The highest BCUT2D eigenvalue weighted by Crippen LogP contribution is 2.46. The van der Waals surface area contributed by atoms with E-state index in [9.17, 15) is 24.0 Å². The average Bonchev–Trinajstić information content (AvgIpc) is 1.65. The van der Waals surface area contributed by atoms with Gasteiger partial charge in [-0.3, -0.25) is 29.2 Å². The van der Waals surface area contributed by atoms with Crippen LogP contribution in [-0.4, -0.2) is 148 Å². The number of aliphatic imine (C=N–C) groups is 2. The summed E-state index contributed by atoms with van der Waals surface area (Å²) in [7, 11) is 5.26. The quantitative estimate of drug-likeness (QED) is 0.0576. The molecular weight excluding hydrogens is 1140 g/mol. The summed E-state index contributed by atoms with van der Waals surface area (Å²) in [5.41, 5.74) is 12.0. The van der Waals surface area contributed by atoms with Crippen molar-refractivity contribution in [2.45, 2.75) is 83.0 Å². The fraction of sp³-hybridized carbons (Fsp3) is 0.338. The van der Waals surface area contributed by atoms with Crippen LogP contribution >= 0.6 is 0 Å². The van der Waals surface area contributed by atoms with E-state index < -0.39 is 30.0 Å². The number of anilines is 2. The van der Waals surface area contributed by atoms with Crippen LogP contribution in [0.1, 0.15) is 102 Å². The van der Waals surface area contributed by atoms with E-state index in [2.05, 4.69) is 69.2 Å². The number of hydrogen-bond acceptors (Lipinski definition) is 14. The van der Waals surface area contributed by atoms with Gasteiger partial charge in [-0.05, 0) is 120 Å². The maximum Gasteiger partial charge on any atom is 0.407 e. The lowest BCUT2D eigenvalue weighted by molar-refractivity contribution is -0.128. The number of nitrogens with zero attached hydrogens (tertiary/aromatic N) is 6. The Bertz CT molecular complexity index is 3810. The highest BCUT2D eigenvalue weighted by Gasteiger charge is 2.37. The molecule has 0 unspecified atom stereocenters. The molecule has 19 nitrogen and oxygen atoms in total. The number of fused-ring (bicyclic) bond motifs is 7. The Morgan fingerprint density at radius 1 is 0.589 bits per heavy atom. The van der Waals surface area contributed by atoms with E-state index in [1.807, 2.05) is 81.0 Å². The number of likely N-dealkylation sites (N-methyl/N-ethyl adjacent to an activating group) is 1. The van der Waals surface area contributed by atoms with Crippen molar-refractivity contribution in [2.75, 3.05) is 77.5 Å². The number of alkyl carbamates (subject to hydrolysis) is 1. The van der Waals surface area contributed by atoms with E-state index in [4.69, 9.17) is 33.7 Å². The van der Waals surface area contributed by atoms with Gasteiger partial charge in [0.2, 0.25) is 11.8 Å². The molecule has 0 saturated carbocycles. The molecule has 1 saturated heterocycles. The van der Waals surface area contributed by atoms with Crippen LogP contribution in [0.25, 0.3) is 22.3 Å². The van der Waals surface area contributed by atoms with E-state index in [0.29, 0.717) is 77.2 Å². The van der Waals surface area contributed by atoms with Crippen molar-refractivity contribution >= 4 is 76.0 Å². The molecule has 4 atom stereocenters. The van der Waals surface area contributed by atoms with Crippen LogP contribution in [0, 0.1) is 5.92 Å². The Kier molecular flexibility index (Phi) is 17.8. The smallest absolute Gasteiger partial charge is 0.407 e. The van der Waals surface area contributed by atoms with Gasteiger partial charge in [0.25, 0.3) is 11.8 Å². The number of unbranched alkanes of at least 4 members (excludes halogenated alkanes) is 2. The Balaban J connectivity index is 0.588. The number of carbonyl (C=O) groups is 5. The highest BCUT2D eigenvalue weighted by molar-refractivity contribution is 6.07. The first kappa shape index (κ1) is 60.5. The Morgan fingerprint density at radius 2 is 1.10 bits per heavy atom. The molecule has 0 radical (unpaired) electrons. The van der Waals surface area contributed by atoms with E-state index in [0.717, 1.165) is 90.0 Å². The SMILES string of the molecule is COc1cc2c(cc1OCCCCCOc1cc3c(cc1OC)C(=O)N1C=C(c4ccc(N5CCN(C)CC5)cc4)C[C@H]1C=N3)N=C[C@@H]1CC(c3ccc(NC(=O)[C@H](C)NC(=O)[C@@H](NC(=O)OCC4c5ccccc5-c5ccccc54)C(C)C)cc3)=CN1C2=O. The Hall–Kier alpha value is -9.75. The summed E-state index contributed by atoms with van der Waals surface area (Å²) in [6.07, 6.45) is 10.1. The van der Waals surface area contributed by atoms with Crippen molar-refractivity contribution in [1.82, 2.24) is 25.3 Å². The predicted molar refractivity (Wildman–Crippen MR) is 348 cm³/mol. The zero-order valence-corrected chi connectivity index (χ0v) is 51.6. The van der Waals surface area contributed by atoms with E-state index in [1.54, 1.807) is 66.4 Å². The lowest BCUT2D eigenvalue weighted by atomic mass is 9.98. The minimum atomic E-state index is -0.953. The van der Waals surface area contributed by atoms with Gasteiger partial charge in [0.05, 0.1) is 62.0 Å². The first-order valence-corrected chi connectivity index (χ1v) is 30.9. The molecule has 0 aromatic heterocycles. The second-order valence-corrected chi connectivity index (χ2v) is 24.0. The fourth-order valence-electron chi connectivity index (χ4n) is 12.5. The first-order chi connectivity index (χ1) is 43.7. The lowest BCUT2D eigenvalue weighted by Gasteiger charge is -2.34. The van der Waals surface area contributed by atoms with E-state index in [1.165, 1.54) is 12.8 Å². The largest absolute Gasteiger partial charge is 0.493 e. The van der Waals surface area contributed by atoms with Crippen LogP contribution in [0.15, 0.2) is 144 Å². The van der Waals surface area contributed by atoms with Crippen LogP contribution in [0.4, 0.5) is 27.5 Å². The summed E-state index contributed by atoms with van der Waals surface area (Å²) >= 11 is 0. The molecule has 3 N–H and O–H groups in total. The van der Waals surface area contributed by atoms with Crippen molar-refractivity contribution in [3.8, 4) is 34.1 Å². The molecule has 5 heterocycles. The molecule has 5 amide bonds. The summed E-state index contributed by atoms with van der Waals surface area (Å²) in [5, 5.41) is 8.35. The normalized spacial score (nSPS) is 18.0. The number of carbonyl (C=O) groups excluding carboxylic acids is 5. The van der Waals surface area contributed by atoms with Crippen molar-refractivity contribution < 1.29 is 47.7 Å². The van der Waals surface area contributed by atoms with Crippen LogP contribution < -0.4 is 39.8 Å². The average molecular weight is 1210 g/mol. The molecule has 6 aromatic carbocycles. The first-order valence-electron chi connectivity index (χ1n) is 30.9. The number of ether oxygens (including phenoxy) is 5. The number of benzene rings is 6. The molecule has 19 heteroatoms. The standard InChI is InChI=1S/C71H75N9O10/c1-43(2)66(76-71(85)90-42-59-55-16-10-8-14-53(55)54-15-9-11-17-56(54)59)68(82)74-44(3)67(81)75-49-22-18-45(19-23-49)47-32-51-38-72-60-36-64(62(86-5)34-57(60)69(83)79(51)40-47)88-30-12-7-13-31-89-65-37-61-58(35-63(65)87-6)70(84)80-41-48(33-52(80)39-73-61)46-20-24-50(25-21-46)78-28-26-77(4)27-29-78/h8-11,14-25,34-41,43-44,51-52,59,66H,7,12-13,26-33,42H2,1-6H3,(H,74,82)(H,75,81)(H,76,85)/t44-,51-,52-,66-/m0/s1. The highest BCUT2D eigenvalue weighted by atomic mass is 16.5. The van der Waals surface area contributed by atoms with E-state index in [-0.39, 0.29) is 42.3 Å². The van der Waals surface area contributed by atoms with Crippen molar-refractivity contribution in [2.24, 2.45) is 15.9 Å². The maximum absolute atomic E-state index is 14.2. The molecule has 1 aliphatic carbocycles. The second kappa shape index (κ2) is 26.5. The molecule has 5 aliphatic heterocycles. The Labute approximate surface area is 524 Å². The van der Waals surface area contributed by atoms with Crippen LogP contribution in [-0.2, 0) is 14.3 Å². The van der Waals surface area contributed by atoms with Gasteiger partial charge >= 0.3 is 6.09 Å². The molecule has 12 rings (SSSR count). The van der Waals surface area contributed by atoms with Gasteiger partial charge in [-0.2, -0.15) is 0 Å². The van der Waals surface area contributed by atoms with Gasteiger partial charge in [-0.15, -0.1) is 0 Å². The van der Waals surface area contributed by atoms with Crippen molar-refractivity contribution in [1.29, 1.82) is 0 Å². The number of amides is 5. The molecule has 90 heavy (non-hydrogen) atoms. The topological polar surface area (TPSA) is 205 Å². The van der Waals surface area contributed by atoms with Crippen molar-refractivity contribution in [3.63, 3.8) is 0 Å². The summed E-state index contributed by atoms with van der Waals surface area (Å²) < 4.78 is 29.6. The number of piperazine rings is 1. The molecule has 6 aromatic rings. The molecule has 6 aliphatic rings. The van der Waals surface area contributed by atoms with Gasteiger partial charge in [-0.1, -0.05) is 86.6 Å². The minimum Gasteiger partial charge on any atom is -0.493 e. The monoisotopic (exact) mass is 1210 g/mol. The van der Waals surface area contributed by atoms with Gasteiger partial charge in [0.1, 0.15) is 18.7 Å². The number of rotatable bonds is 21. The lowest BCUT2D eigenvalue weighted by Crippen LogP contribution is -2.53. The second-order valence-electron chi connectivity index (χ2n) is 24.0. The third kappa shape index (κ3) is 12.8. The molecule has 0 spiro atoms. The van der Waals surface area contributed by atoms with Gasteiger partial charge in [-0.25, -0.2) is 4.79 Å². The van der Waals surface area contributed by atoms with Gasteiger partial charge in [0, 0.05) is 93.3 Å². The zero-order valence-electron chi connectivity index (χ0n) is 51.6. The maximum atomic E-state index is 14.2. The Morgan fingerprint density at radius 3 is 1.61 bits per heavy atom. The van der Waals surface area contributed by atoms with Crippen LogP contribution in [0.3, 0.4) is 0 Å². The van der Waals surface area contributed by atoms with Gasteiger partial charge < -0.3 is 59.2 Å². The molecular formula is C71H75N9O10. The summed E-state index contributed by atoms with van der Waals surface area (Å²) in [5.74, 6) is 0.125.